The molecule has 0 fully saturated rings. The number of hydrogen-bond acceptors (Lipinski definition) is 4. The molecule has 0 saturated carbocycles. The first kappa shape index (κ1) is 16.5. The van der Waals surface area contributed by atoms with Crippen LogP contribution in [0.1, 0.15) is 10.4 Å². The van der Waals surface area contributed by atoms with Crippen molar-refractivity contribution in [1.82, 2.24) is 14.8 Å². The summed E-state index contributed by atoms with van der Waals surface area (Å²) in [6, 6.07) is 10.1. The molecule has 1 aromatic carbocycles. The fourth-order valence-corrected chi connectivity index (χ4v) is 2.04. The molecule has 0 bridgehead atoms. The number of hydrogen-bond donors (Lipinski definition) is 1. The van der Waals surface area contributed by atoms with Gasteiger partial charge in [0.05, 0.1) is 11.3 Å². The van der Waals surface area contributed by atoms with Crippen molar-refractivity contribution in [2.24, 2.45) is 0 Å². The summed E-state index contributed by atoms with van der Waals surface area (Å²) in [5, 5.41) is 6.38. The Morgan fingerprint density at radius 2 is 1.92 bits per heavy atom. The summed E-state index contributed by atoms with van der Waals surface area (Å²) in [4.78, 5) is 16.3. The van der Waals surface area contributed by atoms with Gasteiger partial charge in [-0.3, -0.25) is 4.79 Å². The number of benzene rings is 1. The van der Waals surface area contributed by atoms with Gasteiger partial charge in [-0.05, 0) is 30.3 Å². The van der Waals surface area contributed by atoms with Crippen LogP contribution in [0.3, 0.4) is 0 Å². The second-order valence-electron chi connectivity index (χ2n) is 4.85. The van der Waals surface area contributed by atoms with Gasteiger partial charge in [-0.25, -0.2) is 9.67 Å². The van der Waals surface area contributed by atoms with Gasteiger partial charge >= 0.3 is 6.36 Å². The molecule has 25 heavy (non-hydrogen) atoms. The Morgan fingerprint density at radius 1 is 1.12 bits per heavy atom. The zero-order valence-electron chi connectivity index (χ0n) is 12.6. The lowest BCUT2D eigenvalue weighted by Gasteiger charge is -2.13. The van der Waals surface area contributed by atoms with E-state index in [9.17, 15) is 18.0 Å². The van der Waals surface area contributed by atoms with E-state index >= 15 is 0 Å². The number of ether oxygens (including phenoxy) is 1. The third-order valence-corrected chi connectivity index (χ3v) is 3.11. The predicted octanol–water partition coefficient (Wildman–Crippen LogP) is 3.42. The highest BCUT2D eigenvalue weighted by Crippen LogP contribution is 2.30. The third-order valence-electron chi connectivity index (χ3n) is 3.11. The first-order valence-corrected chi connectivity index (χ1v) is 7.04. The van der Waals surface area contributed by atoms with Gasteiger partial charge in [-0.1, -0.05) is 12.1 Å². The number of para-hydroxylation sites is 2. The monoisotopic (exact) mass is 348 g/mol. The van der Waals surface area contributed by atoms with Crippen LogP contribution in [0, 0.1) is 0 Å². The van der Waals surface area contributed by atoms with Crippen molar-refractivity contribution in [1.29, 1.82) is 0 Å². The van der Waals surface area contributed by atoms with Gasteiger partial charge in [0.25, 0.3) is 5.91 Å². The number of amides is 1. The van der Waals surface area contributed by atoms with Crippen LogP contribution in [0.15, 0.2) is 61.1 Å². The van der Waals surface area contributed by atoms with Crippen LogP contribution in [0.4, 0.5) is 18.9 Å². The second kappa shape index (κ2) is 6.63. The standard InChI is InChI=1S/C16H11F3N4O2/c17-16(18,19)25-13-5-2-1-4-12(13)22-15(24)11-6-7-14(20-10-11)23-9-3-8-21-23/h1-10H,(H,22,24). The molecule has 0 unspecified atom stereocenters. The van der Waals surface area contributed by atoms with Gasteiger partial charge in [-0.15, -0.1) is 13.2 Å². The Balaban J connectivity index is 1.77. The van der Waals surface area contributed by atoms with Crippen molar-refractivity contribution in [3.8, 4) is 11.6 Å². The van der Waals surface area contributed by atoms with Crippen LogP contribution >= 0.6 is 0 Å². The van der Waals surface area contributed by atoms with E-state index in [1.807, 2.05) is 0 Å². The van der Waals surface area contributed by atoms with Crippen molar-refractivity contribution < 1.29 is 22.7 Å². The van der Waals surface area contributed by atoms with Crippen molar-refractivity contribution in [2.75, 3.05) is 5.32 Å². The van der Waals surface area contributed by atoms with Crippen LogP contribution in [-0.2, 0) is 0 Å². The van der Waals surface area contributed by atoms with E-state index in [0.29, 0.717) is 5.82 Å². The number of carbonyl (C=O) groups is 1. The number of nitrogens with one attached hydrogen (secondary N) is 1. The van der Waals surface area contributed by atoms with E-state index in [-0.39, 0.29) is 11.3 Å². The van der Waals surface area contributed by atoms with Crippen LogP contribution in [0.5, 0.6) is 5.75 Å². The molecule has 1 N–H and O–H groups in total. The Bertz CT molecular complexity index is 862. The zero-order valence-corrected chi connectivity index (χ0v) is 12.6. The molecule has 1 amide bonds. The summed E-state index contributed by atoms with van der Waals surface area (Å²) < 4.78 is 42.6. The first-order chi connectivity index (χ1) is 11.9. The van der Waals surface area contributed by atoms with Gasteiger partial charge in [0, 0.05) is 18.6 Å². The van der Waals surface area contributed by atoms with Crippen LogP contribution in [0.2, 0.25) is 0 Å². The minimum absolute atomic E-state index is 0.0963. The highest BCUT2D eigenvalue weighted by atomic mass is 19.4. The number of alkyl halides is 3. The highest BCUT2D eigenvalue weighted by Gasteiger charge is 2.32. The van der Waals surface area contributed by atoms with E-state index in [0.717, 1.165) is 6.07 Å². The van der Waals surface area contributed by atoms with E-state index in [1.165, 1.54) is 35.1 Å². The zero-order chi connectivity index (χ0) is 17.9. The number of rotatable bonds is 4. The molecule has 0 radical (unpaired) electrons. The van der Waals surface area contributed by atoms with Gasteiger partial charge in [0.2, 0.25) is 0 Å². The fourth-order valence-electron chi connectivity index (χ4n) is 2.04. The lowest BCUT2D eigenvalue weighted by Crippen LogP contribution is -2.19. The number of aromatic nitrogens is 3. The van der Waals surface area contributed by atoms with E-state index < -0.39 is 18.0 Å². The van der Waals surface area contributed by atoms with E-state index in [2.05, 4.69) is 20.1 Å². The molecule has 0 spiro atoms. The normalized spacial score (nSPS) is 11.2. The molecule has 0 aliphatic rings. The van der Waals surface area contributed by atoms with E-state index in [1.54, 1.807) is 24.5 Å². The lowest BCUT2D eigenvalue weighted by molar-refractivity contribution is -0.274. The molecule has 2 heterocycles. The summed E-state index contributed by atoms with van der Waals surface area (Å²) in [7, 11) is 0. The Kier molecular flexibility index (Phi) is 4.38. The molecule has 0 aliphatic carbocycles. The van der Waals surface area contributed by atoms with Crippen LogP contribution < -0.4 is 10.1 Å². The molecule has 0 saturated heterocycles. The van der Waals surface area contributed by atoms with Gasteiger partial charge < -0.3 is 10.1 Å². The number of pyridine rings is 1. The smallest absolute Gasteiger partial charge is 0.404 e. The second-order valence-corrected chi connectivity index (χ2v) is 4.85. The van der Waals surface area contributed by atoms with Gasteiger partial charge in [0.1, 0.15) is 0 Å². The van der Waals surface area contributed by atoms with Crippen LogP contribution in [-0.4, -0.2) is 27.0 Å². The maximum absolute atomic E-state index is 12.4. The molecule has 6 nitrogen and oxygen atoms in total. The molecule has 9 heteroatoms. The van der Waals surface area contributed by atoms with E-state index in [4.69, 9.17) is 0 Å². The summed E-state index contributed by atoms with van der Waals surface area (Å²) in [5.41, 5.74) is 0.0821. The predicted molar refractivity (Wildman–Crippen MR) is 82.4 cm³/mol. The molecule has 128 valence electrons. The Hall–Kier alpha value is -3.36. The summed E-state index contributed by atoms with van der Waals surface area (Å²) >= 11 is 0. The van der Waals surface area contributed by atoms with Gasteiger partial charge in [-0.2, -0.15) is 5.10 Å². The van der Waals surface area contributed by atoms with Crippen molar-refractivity contribution in [2.45, 2.75) is 6.36 Å². The number of halogens is 3. The maximum Gasteiger partial charge on any atom is 0.573 e. The Morgan fingerprint density at radius 3 is 2.56 bits per heavy atom. The summed E-state index contributed by atoms with van der Waals surface area (Å²) in [6.07, 6.45) is -0.278. The number of nitrogens with zero attached hydrogens (tertiary/aromatic N) is 3. The molecule has 0 atom stereocenters. The fraction of sp³-hybridized carbons (Fsp3) is 0.0625. The first-order valence-electron chi connectivity index (χ1n) is 7.04. The van der Waals surface area contributed by atoms with Crippen LogP contribution in [0.25, 0.3) is 5.82 Å². The van der Waals surface area contributed by atoms with Crippen molar-refractivity contribution in [3.63, 3.8) is 0 Å². The molecular weight excluding hydrogens is 337 g/mol. The SMILES string of the molecule is O=C(Nc1ccccc1OC(F)(F)F)c1ccc(-n2cccn2)nc1. The topological polar surface area (TPSA) is 69.0 Å². The van der Waals surface area contributed by atoms with Crippen molar-refractivity contribution >= 4 is 11.6 Å². The molecule has 0 aliphatic heterocycles. The number of anilines is 1. The quantitative estimate of drug-likeness (QED) is 0.784. The highest BCUT2D eigenvalue weighted by molar-refractivity contribution is 6.04. The average molecular weight is 348 g/mol. The maximum atomic E-state index is 12.4. The van der Waals surface area contributed by atoms with Crippen molar-refractivity contribution in [3.05, 3.63) is 66.6 Å². The number of carbonyl (C=O) groups excluding carboxylic acids is 1. The molecular formula is C16H11F3N4O2. The molecule has 3 rings (SSSR count). The molecule has 2 aromatic heterocycles. The average Bonchev–Trinajstić information content (AvgIpc) is 3.10. The minimum Gasteiger partial charge on any atom is -0.404 e. The summed E-state index contributed by atoms with van der Waals surface area (Å²) in [5.74, 6) is -0.607. The largest absolute Gasteiger partial charge is 0.573 e. The summed E-state index contributed by atoms with van der Waals surface area (Å²) in [6.45, 7) is 0. The lowest BCUT2D eigenvalue weighted by atomic mass is 10.2. The minimum atomic E-state index is -4.85. The van der Waals surface area contributed by atoms with Gasteiger partial charge in [0.15, 0.2) is 11.6 Å². The Labute approximate surface area is 139 Å². The third kappa shape index (κ3) is 4.14. The molecule has 3 aromatic rings.